The van der Waals surface area contributed by atoms with Crippen molar-refractivity contribution in [2.45, 2.75) is 71.9 Å². The first-order chi connectivity index (χ1) is 8.47. The third-order valence-corrected chi connectivity index (χ3v) is 3.54. The van der Waals surface area contributed by atoms with Crippen molar-refractivity contribution in [3.05, 3.63) is 0 Å². The summed E-state index contributed by atoms with van der Waals surface area (Å²) >= 11 is 0. The molecular formula is C15H29NO2. The molecule has 2 atom stereocenters. The lowest BCUT2D eigenvalue weighted by molar-refractivity contribution is -0.152. The highest BCUT2D eigenvalue weighted by molar-refractivity contribution is 5.69. The minimum absolute atomic E-state index is 0.0214. The second kappa shape index (κ2) is 7.78. The van der Waals surface area contributed by atoms with E-state index >= 15 is 0 Å². The fourth-order valence-electron chi connectivity index (χ4n) is 2.84. The Morgan fingerprint density at radius 3 is 2.39 bits per heavy atom. The van der Waals surface area contributed by atoms with Crippen LogP contribution in [-0.2, 0) is 9.53 Å². The number of rotatable bonds is 6. The van der Waals surface area contributed by atoms with Gasteiger partial charge in [0.2, 0.25) is 0 Å². The number of hydrogen-bond acceptors (Lipinski definition) is 3. The molecule has 1 rings (SSSR count). The smallest absolute Gasteiger partial charge is 0.306 e. The van der Waals surface area contributed by atoms with Gasteiger partial charge in [-0.05, 0) is 44.1 Å². The van der Waals surface area contributed by atoms with Crippen molar-refractivity contribution in [1.82, 2.24) is 5.32 Å². The Kier molecular flexibility index (Phi) is 6.69. The van der Waals surface area contributed by atoms with Gasteiger partial charge in [-0.15, -0.1) is 0 Å². The lowest BCUT2D eigenvalue weighted by atomic mass is 9.82. The molecule has 1 saturated carbocycles. The fourth-order valence-corrected chi connectivity index (χ4v) is 2.84. The van der Waals surface area contributed by atoms with Gasteiger partial charge >= 0.3 is 5.97 Å². The van der Waals surface area contributed by atoms with Gasteiger partial charge in [0.1, 0.15) is 6.10 Å². The van der Waals surface area contributed by atoms with Gasteiger partial charge < -0.3 is 10.1 Å². The molecule has 0 aromatic rings. The van der Waals surface area contributed by atoms with Crippen molar-refractivity contribution in [2.75, 3.05) is 6.54 Å². The monoisotopic (exact) mass is 255 g/mol. The molecule has 0 heterocycles. The summed E-state index contributed by atoms with van der Waals surface area (Å²) in [6.07, 6.45) is 4.93. The molecule has 106 valence electrons. The van der Waals surface area contributed by atoms with Gasteiger partial charge in [-0.1, -0.05) is 27.7 Å². The SMILES string of the molecule is CC1CC(C)CC(OC(=O)CCCNC(C)C)C1. The van der Waals surface area contributed by atoms with Crippen LogP contribution < -0.4 is 5.32 Å². The van der Waals surface area contributed by atoms with Gasteiger partial charge in [0.15, 0.2) is 0 Å². The Hall–Kier alpha value is -0.570. The molecule has 0 aliphatic heterocycles. The summed E-state index contributed by atoms with van der Waals surface area (Å²) in [7, 11) is 0. The summed E-state index contributed by atoms with van der Waals surface area (Å²) in [6.45, 7) is 9.63. The second-order valence-electron chi connectivity index (χ2n) is 6.24. The molecule has 0 amide bonds. The van der Waals surface area contributed by atoms with Gasteiger partial charge in [-0.3, -0.25) is 4.79 Å². The van der Waals surface area contributed by atoms with Crippen molar-refractivity contribution < 1.29 is 9.53 Å². The maximum absolute atomic E-state index is 11.7. The van der Waals surface area contributed by atoms with Crippen molar-refractivity contribution in [1.29, 1.82) is 0 Å². The van der Waals surface area contributed by atoms with Gasteiger partial charge in [0.25, 0.3) is 0 Å². The predicted molar refractivity (Wildman–Crippen MR) is 74.4 cm³/mol. The predicted octanol–water partition coefficient (Wildman–Crippen LogP) is 3.13. The van der Waals surface area contributed by atoms with Crippen LogP contribution in [0.2, 0.25) is 0 Å². The molecule has 3 nitrogen and oxygen atoms in total. The van der Waals surface area contributed by atoms with Gasteiger partial charge in [0, 0.05) is 12.5 Å². The van der Waals surface area contributed by atoms with Crippen LogP contribution in [-0.4, -0.2) is 24.7 Å². The molecule has 18 heavy (non-hydrogen) atoms. The van der Waals surface area contributed by atoms with Crippen LogP contribution in [0.15, 0.2) is 0 Å². The van der Waals surface area contributed by atoms with Crippen LogP contribution in [0.4, 0.5) is 0 Å². The summed E-state index contributed by atoms with van der Waals surface area (Å²) < 4.78 is 5.57. The number of nitrogens with one attached hydrogen (secondary N) is 1. The second-order valence-corrected chi connectivity index (χ2v) is 6.24. The molecule has 0 saturated heterocycles. The van der Waals surface area contributed by atoms with E-state index in [0.717, 1.165) is 25.8 Å². The largest absolute Gasteiger partial charge is 0.462 e. The molecule has 1 N–H and O–H groups in total. The number of carbonyl (C=O) groups excluding carboxylic acids is 1. The van der Waals surface area contributed by atoms with Crippen LogP contribution in [0.1, 0.15) is 59.8 Å². The Bertz CT molecular complexity index is 243. The highest BCUT2D eigenvalue weighted by Crippen LogP contribution is 2.30. The minimum atomic E-state index is -0.0214. The van der Waals surface area contributed by atoms with E-state index in [1.54, 1.807) is 0 Å². The lowest BCUT2D eigenvalue weighted by Gasteiger charge is -2.31. The van der Waals surface area contributed by atoms with Crippen molar-refractivity contribution in [2.24, 2.45) is 11.8 Å². The summed E-state index contributed by atoms with van der Waals surface area (Å²) in [6, 6.07) is 0.487. The topological polar surface area (TPSA) is 38.3 Å². The van der Waals surface area contributed by atoms with E-state index in [0.29, 0.717) is 24.3 Å². The number of ether oxygens (including phenoxy) is 1. The van der Waals surface area contributed by atoms with E-state index in [2.05, 4.69) is 33.0 Å². The molecule has 0 radical (unpaired) electrons. The molecule has 3 heteroatoms. The first-order valence-corrected chi connectivity index (χ1v) is 7.40. The maximum Gasteiger partial charge on any atom is 0.306 e. The van der Waals surface area contributed by atoms with E-state index in [9.17, 15) is 4.79 Å². The van der Waals surface area contributed by atoms with Crippen LogP contribution in [0.5, 0.6) is 0 Å². The third kappa shape index (κ3) is 6.39. The van der Waals surface area contributed by atoms with E-state index in [4.69, 9.17) is 4.74 Å². The zero-order valence-electron chi connectivity index (χ0n) is 12.4. The molecule has 1 aliphatic carbocycles. The average Bonchev–Trinajstić information content (AvgIpc) is 2.22. The molecule has 2 unspecified atom stereocenters. The summed E-state index contributed by atoms with van der Waals surface area (Å²) in [5.41, 5.74) is 0. The maximum atomic E-state index is 11.7. The Morgan fingerprint density at radius 1 is 1.22 bits per heavy atom. The molecule has 1 aliphatic rings. The van der Waals surface area contributed by atoms with Crippen LogP contribution in [0.3, 0.4) is 0 Å². The zero-order chi connectivity index (χ0) is 13.5. The highest BCUT2D eigenvalue weighted by atomic mass is 16.5. The summed E-state index contributed by atoms with van der Waals surface area (Å²) in [5, 5.41) is 3.31. The van der Waals surface area contributed by atoms with E-state index in [-0.39, 0.29) is 12.1 Å². The molecule has 0 aromatic heterocycles. The van der Waals surface area contributed by atoms with Gasteiger partial charge in [-0.25, -0.2) is 0 Å². The molecule has 1 fully saturated rings. The number of hydrogen-bond donors (Lipinski definition) is 1. The van der Waals surface area contributed by atoms with Crippen molar-refractivity contribution in [3.63, 3.8) is 0 Å². The van der Waals surface area contributed by atoms with Gasteiger partial charge in [-0.2, -0.15) is 0 Å². The van der Waals surface area contributed by atoms with Crippen molar-refractivity contribution in [3.8, 4) is 0 Å². The zero-order valence-corrected chi connectivity index (χ0v) is 12.4. The quantitative estimate of drug-likeness (QED) is 0.585. The first-order valence-electron chi connectivity index (χ1n) is 7.40. The van der Waals surface area contributed by atoms with Crippen LogP contribution in [0.25, 0.3) is 0 Å². The molecule has 0 bridgehead atoms. The average molecular weight is 255 g/mol. The number of carbonyl (C=O) groups is 1. The summed E-state index contributed by atoms with van der Waals surface area (Å²) in [4.78, 5) is 11.7. The number of esters is 1. The standard InChI is InChI=1S/C15H29NO2/c1-11(2)16-7-5-6-15(17)18-14-9-12(3)8-13(4)10-14/h11-14,16H,5-10H2,1-4H3. The normalized spacial score (nSPS) is 28.4. The van der Waals surface area contributed by atoms with E-state index < -0.39 is 0 Å². The highest BCUT2D eigenvalue weighted by Gasteiger charge is 2.26. The molecular weight excluding hydrogens is 226 g/mol. The van der Waals surface area contributed by atoms with E-state index in [1.807, 2.05) is 0 Å². The first kappa shape index (κ1) is 15.5. The lowest BCUT2D eigenvalue weighted by Crippen LogP contribution is -2.29. The van der Waals surface area contributed by atoms with E-state index in [1.165, 1.54) is 6.42 Å². The molecule has 0 aromatic carbocycles. The fraction of sp³-hybridized carbons (Fsp3) is 0.933. The van der Waals surface area contributed by atoms with Gasteiger partial charge in [0.05, 0.1) is 0 Å². The Balaban J connectivity index is 2.15. The summed E-state index contributed by atoms with van der Waals surface area (Å²) in [5.74, 6) is 1.36. The Labute approximate surface area is 112 Å². The van der Waals surface area contributed by atoms with Crippen LogP contribution >= 0.6 is 0 Å². The Morgan fingerprint density at radius 2 is 1.83 bits per heavy atom. The molecule has 0 spiro atoms. The van der Waals surface area contributed by atoms with Crippen LogP contribution in [0, 0.1) is 11.8 Å². The third-order valence-electron chi connectivity index (χ3n) is 3.54. The minimum Gasteiger partial charge on any atom is -0.462 e. The van der Waals surface area contributed by atoms with Crippen molar-refractivity contribution >= 4 is 5.97 Å².